The molecular weight excluding hydrogens is 294 g/mol. The van der Waals surface area contributed by atoms with Crippen LogP contribution in [0.3, 0.4) is 0 Å². The lowest BCUT2D eigenvalue weighted by Gasteiger charge is -2.18. The summed E-state index contributed by atoms with van der Waals surface area (Å²) in [5, 5.41) is 2.56. The zero-order valence-electron chi connectivity index (χ0n) is 11.8. The van der Waals surface area contributed by atoms with Gasteiger partial charge in [0.15, 0.2) is 0 Å². The van der Waals surface area contributed by atoms with Gasteiger partial charge in [0.05, 0.1) is 13.7 Å². The van der Waals surface area contributed by atoms with Crippen LogP contribution in [-0.4, -0.2) is 45.4 Å². The average Bonchev–Trinajstić information content (AvgIpc) is 3.01. The normalized spacial score (nSPS) is 15.9. The number of hydrogen-bond donors (Lipinski definition) is 2. The van der Waals surface area contributed by atoms with E-state index >= 15 is 0 Å². The number of anilines is 1. The summed E-state index contributed by atoms with van der Waals surface area (Å²) in [6.45, 7) is 0.907. The predicted molar refractivity (Wildman–Crippen MR) is 78.7 cm³/mol. The lowest BCUT2D eigenvalue weighted by Crippen LogP contribution is -2.28. The second kappa shape index (κ2) is 6.42. The molecule has 0 spiro atoms. The average molecular weight is 313 g/mol. The van der Waals surface area contributed by atoms with Crippen molar-refractivity contribution in [2.45, 2.75) is 17.7 Å². The number of carbonyl (C=O) groups is 1. The van der Waals surface area contributed by atoms with Gasteiger partial charge in [0.1, 0.15) is 10.6 Å². The maximum atomic E-state index is 12.5. The molecule has 0 atom stereocenters. The second-order valence-electron chi connectivity index (χ2n) is 4.73. The summed E-state index contributed by atoms with van der Waals surface area (Å²) in [5.74, 6) is -0.149. The number of methoxy groups -OCH3 is 1. The van der Waals surface area contributed by atoms with Crippen molar-refractivity contribution in [3.63, 3.8) is 0 Å². The summed E-state index contributed by atoms with van der Waals surface area (Å²) < 4.78 is 31.7. The van der Waals surface area contributed by atoms with Crippen molar-refractivity contribution >= 4 is 21.6 Å². The van der Waals surface area contributed by atoms with Crippen LogP contribution < -0.4 is 15.8 Å². The number of amides is 1. The van der Waals surface area contributed by atoms with Gasteiger partial charge in [-0.1, -0.05) is 0 Å². The van der Waals surface area contributed by atoms with E-state index in [9.17, 15) is 13.2 Å². The van der Waals surface area contributed by atoms with Crippen LogP contribution >= 0.6 is 0 Å². The van der Waals surface area contributed by atoms with Crippen molar-refractivity contribution in [1.29, 1.82) is 0 Å². The summed E-state index contributed by atoms with van der Waals surface area (Å²) in [7, 11) is -2.17. The molecule has 7 nitrogen and oxygen atoms in total. The molecule has 8 heteroatoms. The smallest absolute Gasteiger partial charge is 0.246 e. The fraction of sp³-hybridized carbons (Fsp3) is 0.462. The van der Waals surface area contributed by atoms with Gasteiger partial charge in [0.25, 0.3) is 0 Å². The van der Waals surface area contributed by atoms with Crippen molar-refractivity contribution in [3.05, 3.63) is 18.2 Å². The van der Waals surface area contributed by atoms with Gasteiger partial charge in [-0.25, -0.2) is 8.42 Å². The summed E-state index contributed by atoms with van der Waals surface area (Å²) in [6, 6.07) is 4.45. The third kappa shape index (κ3) is 3.34. The molecule has 0 unspecified atom stereocenters. The number of hydrogen-bond acceptors (Lipinski definition) is 5. The van der Waals surface area contributed by atoms with Gasteiger partial charge in [-0.15, -0.1) is 0 Å². The highest BCUT2D eigenvalue weighted by atomic mass is 32.2. The molecule has 0 radical (unpaired) electrons. The number of nitrogens with one attached hydrogen (secondary N) is 1. The van der Waals surface area contributed by atoms with Crippen LogP contribution in [0.1, 0.15) is 12.8 Å². The molecule has 0 saturated carbocycles. The van der Waals surface area contributed by atoms with E-state index in [-0.39, 0.29) is 23.1 Å². The molecule has 116 valence electrons. The van der Waals surface area contributed by atoms with Gasteiger partial charge < -0.3 is 15.8 Å². The van der Waals surface area contributed by atoms with Crippen molar-refractivity contribution in [1.82, 2.24) is 4.31 Å². The Morgan fingerprint density at radius 3 is 2.62 bits per heavy atom. The number of rotatable bonds is 5. The van der Waals surface area contributed by atoms with Crippen LogP contribution in [0.25, 0.3) is 0 Å². The molecule has 1 aliphatic heterocycles. The number of benzene rings is 1. The summed E-state index contributed by atoms with van der Waals surface area (Å²) >= 11 is 0. The monoisotopic (exact) mass is 313 g/mol. The molecule has 1 aromatic rings. The van der Waals surface area contributed by atoms with Crippen LogP contribution in [0.4, 0.5) is 5.69 Å². The van der Waals surface area contributed by atoms with Crippen molar-refractivity contribution in [2.75, 3.05) is 32.1 Å². The fourth-order valence-electron chi connectivity index (χ4n) is 2.24. The standard InChI is InChI=1S/C13H19N3O4S/c1-20-11-8-10(15-13(17)9-14)4-5-12(11)21(18,19)16-6-2-3-7-16/h4-5,8H,2-3,6-7,9,14H2,1H3,(H,15,17). The first-order chi connectivity index (χ1) is 9.98. The van der Waals surface area contributed by atoms with Gasteiger partial charge in [0, 0.05) is 24.8 Å². The number of ether oxygens (including phenoxy) is 1. The van der Waals surface area contributed by atoms with E-state index < -0.39 is 10.0 Å². The topological polar surface area (TPSA) is 102 Å². The van der Waals surface area contributed by atoms with Crippen LogP contribution in [0.2, 0.25) is 0 Å². The highest BCUT2D eigenvalue weighted by Crippen LogP contribution is 2.31. The van der Waals surface area contributed by atoms with E-state index in [1.807, 2.05) is 0 Å². The molecule has 1 amide bonds. The molecule has 1 fully saturated rings. The molecule has 1 aliphatic rings. The highest BCUT2D eigenvalue weighted by Gasteiger charge is 2.29. The first kappa shape index (κ1) is 15.7. The van der Waals surface area contributed by atoms with Crippen molar-refractivity contribution in [3.8, 4) is 5.75 Å². The van der Waals surface area contributed by atoms with E-state index in [4.69, 9.17) is 10.5 Å². The van der Waals surface area contributed by atoms with Crippen LogP contribution in [0.5, 0.6) is 5.75 Å². The predicted octanol–water partition coefficient (Wildman–Crippen LogP) is 0.377. The summed E-state index contributed by atoms with van der Waals surface area (Å²) in [5.41, 5.74) is 5.67. The number of carbonyl (C=O) groups excluding carboxylic acids is 1. The first-order valence-corrected chi connectivity index (χ1v) is 8.11. The van der Waals surface area contributed by atoms with Crippen molar-refractivity contribution < 1.29 is 17.9 Å². The lowest BCUT2D eigenvalue weighted by molar-refractivity contribution is -0.114. The molecule has 0 bridgehead atoms. The summed E-state index contributed by atoms with van der Waals surface area (Å²) in [6.07, 6.45) is 1.73. The van der Waals surface area contributed by atoms with Crippen LogP contribution in [-0.2, 0) is 14.8 Å². The third-order valence-electron chi connectivity index (χ3n) is 3.32. The fourth-order valence-corrected chi connectivity index (χ4v) is 3.89. The second-order valence-corrected chi connectivity index (χ2v) is 6.64. The molecule has 2 rings (SSSR count). The Hall–Kier alpha value is -1.64. The Kier molecular flexibility index (Phi) is 4.81. The molecule has 3 N–H and O–H groups in total. The van der Waals surface area contributed by atoms with E-state index in [0.717, 1.165) is 12.8 Å². The molecule has 1 aromatic carbocycles. The molecule has 1 heterocycles. The van der Waals surface area contributed by atoms with E-state index in [1.54, 1.807) is 0 Å². The molecular formula is C13H19N3O4S. The SMILES string of the molecule is COc1cc(NC(=O)CN)ccc1S(=O)(=O)N1CCCC1. The Morgan fingerprint density at radius 2 is 2.05 bits per heavy atom. The number of nitrogens with zero attached hydrogens (tertiary/aromatic N) is 1. The molecule has 0 aromatic heterocycles. The molecule has 1 saturated heterocycles. The molecule has 21 heavy (non-hydrogen) atoms. The van der Waals surface area contributed by atoms with Crippen LogP contribution in [0, 0.1) is 0 Å². The van der Waals surface area contributed by atoms with Gasteiger partial charge >= 0.3 is 0 Å². The first-order valence-electron chi connectivity index (χ1n) is 6.67. The van der Waals surface area contributed by atoms with Gasteiger partial charge in [-0.2, -0.15) is 4.31 Å². The maximum absolute atomic E-state index is 12.5. The minimum atomic E-state index is -3.56. The Morgan fingerprint density at radius 1 is 1.38 bits per heavy atom. The van der Waals surface area contributed by atoms with Gasteiger partial charge in [-0.05, 0) is 25.0 Å². The zero-order chi connectivity index (χ0) is 15.5. The van der Waals surface area contributed by atoms with E-state index in [0.29, 0.717) is 18.8 Å². The Balaban J connectivity index is 2.33. The number of nitrogens with two attached hydrogens (primary N) is 1. The third-order valence-corrected chi connectivity index (χ3v) is 5.25. The highest BCUT2D eigenvalue weighted by molar-refractivity contribution is 7.89. The lowest BCUT2D eigenvalue weighted by atomic mass is 10.3. The largest absolute Gasteiger partial charge is 0.495 e. The van der Waals surface area contributed by atoms with Crippen molar-refractivity contribution in [2.24, 2.45) is 5.73 Å². The van der Waals surface area contributed by atoms with E-state index in [2.05, 4.69) is 5.32 Å². The van der Waals surface area contributed by atoms with Gasteiger partial charge in [-0.3, -0.25) is 4.79 Å². The minimum Gasteiger partial charge on any atom is -0.495 e. The van der Waals surface area contributed by atoms with Crippen LogP contribution in [0.15, 0.2) is 23.1 Å². The Bertz CT molecular complexity index is 624. The van der Waals surface area contributed by atoms with E-state index in [1.165, 1.54) is 29.6 Å². The Labute approximate surface area is 124 Å². The molecule has 0 aliphatic carbocycles. The maximum Gasteiger partial charge on any atom is 0.246 e. The zero-order valence-corrected chi connectivity index (χ0v) is 12.6. The summed E-state index contributed by atoms with van der Waals surface area (Å²) in [4.78, 5) is 11.4. The van der Waals surface area contributed by atoms with Gasteiger partial charge in [0.2, 0.25) is 15.9 Å². The quantitative estimate of drug-likeness (QED) is 0.818. The number of sulfonamides is 1. The minimum absolute atomic E-state index is 0.109.